The van der Waals surface area contributed by atoms with Crippen LogP contribution in [0.5, 0.6) is 23.0 Å². The molecule has 0 unspecified atom stereocenters. The zero-order chi connectivity index (χ0) is 13.4. The Hall–Kier alpha value is -1.49. The van der Waals surface area contributed by atoms with Crippen LogP contribution >= 0.6 is 12.6 Å². The highest BCUT2D eigenvalue weighted by molar-refractivity contribution is 7.80. The molecule has 5 heteroatoms. The van der Waals surface area contributed by atoms with Crippen LogP contribution in [-0.2, 0) is 0 Å². The van der Waals surface area contributed by atoms with Gasteiger partial charge >= 0.3 is 0 Å². The maximum atomic E-state index is 5.56. The fourth-order valence-electron chi connectivity index (χ4n) is 1.43. The smallest absolute Gasteiger partial charge is 0.203 e. The number of hydrogen-bond donors (Lipinski definition) is 1. The number of benzene rings is 1. The second-order valence-electron chi connectivity index (χ2n) is 3.33. The van der Waals surface area contributed by atoms with E-state index in [2.05, 4.69) is 12.6 Å². The van der Waals surface area contributed by atoms with Gasteiger partial charge in [0, 0.05) is 17.9 Å². The summed E-state index contributed by atoms with van der Waals surface area (Å²) in [4.78, 5) is 0. The first-order chi connectivity index (χ1) is 8.76. The summed E-state index contributed by atoms with van der Waals surface area (Å²) < 4.78 is 21.2. The van der Waals surface area contributed by atoms with Crippen molar-refractivity contribution in [2.75, 3.05) is 33.7 Å². The van der Waals surface area contributed by atoms with E-state index in [1.165, 1.54) is 0 Å². The maximum absolute atomic E-state index is 5.56. The quantitative estimate of drug-likeness (QED) is 0.610. The Morgan fingerprint density at radius 3 is 2.06 bits per heavy atom. The molecule has 0 atom stereocenters. The molecule has 0 N–H and O–H groups in total. The summed E-state index contributed by atoms with van der Waals surface area (Å²) in [5, 5.41) is 0. The Bertz CT molecular complexity index is 379. The van der Waals surface area contributed by atoms with Crippen LogP contribution in [0.15, 0.2) is 24.3 Å². The van der Waals surface area contributed by atoms with Crippen molar-refractivity contribution in [3.63, 3.8) is 0 Å². The lowest BCUT2D eigenvalue weighted by molar-refractivity contribution is 0.313. The third-order valence-corrected chi connectivity index (χ3v) is 2.47. The molecular weight excluding hydrogens is 252 g/mol. The van der Waals surface area contributed by atoms with Crippen molar-refractivity contribution in [3.8, 4) is 23.0 Å². The fourth-order valence-corrected chi connectivity index (χ4v) is 1.58. The average molecular weight is 270 g/mol. The van der Waals surface area contributed by atoms with E-state index in [-0.39, 0.29) is 0 Å². The SMILES string of the molecule is COc1cc(OC/C=C/CS)cc(OC)c1OC. The number of ether oxygens (including phenoxy) is 4. The molecule has 0 spiro atoms. The molecule has 1 aromatic carbocycles. The van der Waals surface area contributed by atoms with Gasteiger partial charge in [-0.3, -0.25) is 0 Å². The van der Waals surface area contributed by atoms with Gasteiger partial charge in [-0.25, -0.2) is 0 Å². The highest BCUT2D eigenvalue weighted by Crippen LogP contribution is 2.40. The van der Waals surface area contributed by atoms with Gasteiger partial charge in [0.05, 0.1) is 21.3 Å². The molecule has 0 aliphatic carbocycles. The minimum atomic E-state index is 0.471. The molecule has 0 saturated heterocycles. The number of rotatable bonds is 7. The molecule has 0 saturated carbocycles. The zero-order valence-corrected chi connectivity index (χ0v) is 11.7. The van der Waals surface area contributed by atoms with E-state index < -0.39 is 0 Å². The van der Waals surface area contributed by atoms with E-state index in [0.29, 0.717) is 35.4 Å². The van der Waals surface area contributed by atoms with Crippen LogP contribution in [0.4, 0.5) is 0 Å². The molecule has 4 nitrogen and oxygen atoms in total. The molecule has 100 valence electrons. The second kappa shape index (κ2) is 7.76. The van der Waals surface area contributed by atoms with Crippen molar-refractivity contribution in [1.82, 2.24) is 0 Å². The zero-order valence-electron chi connectivity index (χ0n) is 10.8. The van der Waals surface area contributed by atoms with Crippen LogP contribution in [0.3, 0.4) is 0 Å². The first-order valence-electron chi connectivity index (χ1n) is 5.45. The summed E-state index contributed by atoms with van der Waals surface area (Å²) in [5.41, 5.74) is 0. The van der Waals surface area contributed by atoms with Crippen molar-refractivity contribution in [3.05, 3.63) is 24.3 Å². The second-order valence-corrected chi connectivity index (χ2v) is 3.69. The Kier molecular flexibility index (Phi) is 6.28. The van der Waals surface area contributed by atoms with Gasteiger partial charge < -0.3 is 18.9 Å². The van der Waals surface area contributed by atoms with Gasteiger partial charge in [0.25, 0.3) is 0 Å². The van der Waals surface area contributed by atoms with Crippen LogP contribution in [0, 0.1) is 0 Å². The fraction of sp³-hybridized carbons (Fsp3) is 0.385. The number of hydrogen-bond acceptors (Lipinski definition) is 5. The van der Waals surface area contributed by atoms with Gasteiger partial charge in [0.2, 0.25) is 5.75 Å². The summed E-state index contributed by atoms with van der Waals surface area (Å²) in [5.74, 6) is 3.06. The summed E-state index contributed by atoms with van der Waals surface area (Å²) in [7, 11) is 4.71. The molecule has 18 heavy (non-hydrogen) atoms. The first-order valence-corrected chi connectivity index (χ1v) is 6.08. The molecule has 0 radical (unpaired) electrons. The van der Waals surface area contributed by atoms with E-state index in [1.54, 1.807) is 33.5 Å². The lowest BCUT2D eigenvalue weighted by atomic mass is 10.2. The van der Waals surface area contributed by atoms with Gasteiger partial charge in [0.1, 0.15) is 12.4 Å². The van der Waals surface area contributed by atoms with E-state index in [1.807, 2.05) is 12.2 Å². The molecule has 1 aromatic rings. The molecule has 0 amide bonds. The van der Waals surface area contributed by atoms with Crippen molar-refractivity contribution >= 4 is 12.6 Å². The molecule has 0 heterocycles. The van der Waals surface area contributed by atoms with Gasteiger partial charge in [0.15, 0.2) is 11.5 Å². The number of methoxy groups -OCH3 is 3. The van der Waals surface area contributed by atoms with Crippen molar-refractivity contribution in [2.45, 2.75) is 0 Å². The van der Waals surface area contributed by atoms with Crippen LogP contribution in [0.25, 0.3) is 0 Å². The molecule has 1 rings (SSSR count). The number of thiol groups is 1. The van der Waals surface area contributed by atoms with Gasteiger partial charge in [-0.2, -0.15) is 12.6 Å². The summed E-state index contributed by atoms with van der Waals surface area (Å²) in [6.45, 7) is 0.471. The van der Waals surface area contributed by atoms with Crippen LogP contribution in [-0.4, -0.2) is 33.7 Å². The minimum Gasteiger partial charge on any atom is -0.493 e. The Morgan fingerprint density at radius 1 is 1.00 bits per heavy atom. The largest absolute Gasteiger partial charge is 0.493 e. The van der Waals surface area contributed by atoms with Crippen molar-refractivity contribution in [2.24, 2.45) is 0 Å². The lowest BCUT2D eigenvalue weighted by Crippen LogP contribution is -1.98. The highest BCUT2D eigenvalue weighted by Gasteiger charge is 2.13. The van der Waals surface area contributed by atoms with E-state index in [9.17, 15) is 0 Å². The van der Waals surface area contributed by atoms with E-state index >= 15 is 0 Å². The summed E-state index contributed by atoms with van der Waals surface area (Å²) in [6, 6.07) is 3.52. The molecule has 0 aromatic heterocycles. The lowest BCUT2D eigenvalue weighted by Gasteiger charge is -2.14. The van der Waals surface area contributed by atoms with E-state index in [0.717, 1.165) is 0 Å². The summed E-state index contributed by atoms with van der Waals surface area (Å²) in [6.07, 6.45) is 3.82. The molecule has 0 fully saturated rings. The molecule has 0 aliphatic rings. The highest BCUT2D eigenvalue weighted by atomic mass is 32.1. The van der Waals surface area contributed by atoms with Gasteiger partial charge in [-0.05, 0) is 0 Å². The Morgan fingerprint density at radius 2 is 1.61 bits per heavy atom. The molecule has 0 aliphatic heterocycles. The topological polar surface area (TPSA) is 36.9 Å². The van der Waals surface area contributed by atoms with Crippen molar-refractivity contribution in [1.29, 1.82) is 0 Å². The average Bonchev–Trinajstić information content (AvgIpc) is 2.42. The Labute approximate surface area is 113 Å². The summed E-state index contributed by atoms with van der Waals surface area (Å²) >= 11 is 4.07. The van der Waals surface area contributed by atoms with Crippen LogP contribution in [0.1, 0.15) is 0 Å². The monoisotopic (exact) mass is 270 g/mol. The molecule has 0 bridgehead atoms. The van der Waals surface area contributed by atoms with Gasteiger partial charge in [-0.1, -0.05) is 12.2 Å². The first kappa shape index (κ1) is 14.6. The van der Waals surface area contributed by atoms with Gasteiger partial charge in [-0.15, -0.1) is 0 Å². The third kappa shape index (κ3) is 3.77. The van der Waals surface area contributed by atoms with Crippen LogP contribution in [0.2, 0.25) is 0 Å². The van der Waals surface area contributed by atoms with Crippen LogP contribution < -0.4 is 18.9 Å². The minimum absolute atomic E-state index is 0.471. The van der Waals surface area contributed by atoms with E-state index in [4.69, 9.17) is 18.9 Å². The normalized spacial score (nSPS) is 10.4. The van der Waals surface area contributed by atoms with Crippen molar-refractivity contribution < 1.29 is 18.9 Å². The maximum Gasteiger partial charge on any atom is 0.203 e. The Balaban J connectivity index is 2.89. The predicted molar refractivity (Wildman–Crippen MR) is 74.6 cm³/mol. The standard InChI is InChI=1S/C13H18O4S/c1-14-11-8-10(17-6-4-5-7-18)9-12(15-2)13(11)16-3/h4-5,8-9,18H,6-7H2,1-3H3/b5-4+. The molecular formula is C13H18O4S. The third-order valence-electron chi connectivity index (χ3n) is 2.26. The predicted octanol–water partition coefficient (Wildman–Crippen LogP) is 2.58.